The Bertz CT molecular complexity index is 1130. The van der Waals surface area contributed by atoms with Crippen LogP contribution in [0.25, 0.3) is 27.3 Å². The molecular formula is C18H16N4OS. The number of allylic oxidation sites excluding steroid dienone is 1. The maximum Gasteiger partial charge on any atom is 0.352 e. The smallest absolute Gasteiger partial charge is 0.279 e. The quantitative estimate of drug-likeness (QED) is 0.537. The van der Waals surface area contributed by atoms with Crippen LogP contribution in [0.3, 0.4) is 0 Å². The molecule has 6 heteroatoms. The van der Waals surface area contributed by atoms with Crippen LogP contribution in [0.5, 0.6) is 0 Å². The molecule has 0 fully saturated rings. The highest BCUT2D eigenvalue weighted by molar-refractivity contribution is 7.19. The lowest BCUT2D eigenvalue weighted by Crippen LogP contribution is -2.27. The average molecular weight is 336 g/mol. The molecule has 0 saturated heterocycles. The first-order valence-corrected chi connectivity index (χ1v) is 8.49. The fraction of sp³-hybridized carbons (Fsp3) is 0.167. The van der Waals surface area contributed by atoms with Gasteiger partial charge < -0.3 is 0 Å². The third-order valence-corrected chi connectivity index (χ3v) is 5.43. The van der Waals surface area contributed by atoms with E-state index in [0.29, 0.717) is 18.0 Å². The number of aryl methyl sites for hydroxylation is 2. The lowest BCUT2D eigenvalue weighted by molar-refractivity contribution is 0.733. The Morgan fingerprint density at radius 2 is 2.00 bits per heavy atom. The van der Waals surface area contributed by atoms with Crippen molar-refractivity contribution in [1.82, 2.24) is 19.2 Å². The highest BCUT2D eigenvalue weighted by Gasteiger charge is 2.19. The first-order chi connectivity index (χ1) is 11.6. The van der Waals surface area contributed by atoms with Crippen LogP contribution in [0.2, 0.25) is 0 Å². The van der Waals surface area contributed by atoms with Crippen LogP contribution >= 0.6 is 11.3 Å². The SMILES string of the molecule is C=CCn1c(=O)n2nc(-c3ccccc3)nc2c2c(C)c(C)sc21. The van der Waals surface area contributed by atoms with Gasteiger partial charge in [-0.25, -0.2) is 9.78 Å². The monoisotopic (exact) mass is 336 g/mol. The number of nitrogens with zero attached hydrogens (tertiary/aromatic N) is 4. The zero-order chi connectivity index (χ0) is 16.8. The summed E-state index contributed by atoms with van der Waals surface area (Å²) in [5, 5.41) is 5.46. The average Bonchev–Trinajstić information content (AvgIpc) is 3.15. The summed E-state index contributed by atoms with van der Waals surface area (Å²) in [6, 6.07) is 9.71. The van der Waals surface area contributed by atoms with Crippen LogP contribution in [0.1, 0.15) is 10.4 Å². The van der Waals surface area contributed by atoms with Gasteiger partial charge in [-0.2, -0.15) is 4.52 Å². The lowest BCUT2D eigenvalue weighted by atomic mass is 10.2. The molecule has 4 aromatic rings. The number of thiophene rings is 1. The van der Waals surface area contributed by atoms with Gasteiger partial charge in [-0.05, 0) is 19.4 Å². The molecule has 0 atom stereocenters. The van der Waals surface area contributed by atoms with Crippen molar-refractivity contribution in [3.05, 3.63) is 63.9 Å². The Morgan fingerprint density at radius 1 is 1.25 bits per heavy atom. The minimum Gasteiger partial charge on any atom is -0.279 e. The number of benzene rings is 1. The number of hydrogen-bond acceptors (Lipinski definition) is 4. The van der Waals surface area contributed by atoms with Gasteiger partial charge in [-0.15, -0.1) is 23.0 Å². The second-order valence-electron chi connectivity index (χ2n) is 5.68. The molecule has 0 radical (unpaired) electrons. The van der Waals surface area contributed by atoms with Gasteiger partial charge in [0.2, 0.25) is 0 Å². The van der Waals surface area contributed by atoms with Gasteiger partial charge in [0.15, 0.2) is 11.5 Å². The van der Waals surface area contributed by atoms with E-state index in [4.69, 9.17) is 0 Å². The topological polar surface area (TPSA) is 52.2 Å². The van der Waals surface area contributed by atoms with Crippen molar-refractivity contribution in [2.75, 3.05) is 0 Å². The molecule has 120 valence electrons. The molecule has 0 unspecified atom stereocenters. The van der Waals surface area contributed by atoms with Crippen LogP contribution in [-0.4, -0.2) is 19.2 Å². The Kier molecular flexibility index (Phi) is 3.35. The van der Waals surface area contributed by atoms with Crippen molar-refractivity contribution in [3.8, 4) is 11.4 Å². The van der Waals surface area contributed by atoms with Crippen LogP contribution in [0.15, 0.2) is 47.8 Å². The number of hydrogen-bond donors (Lipinski definition) is 0. The van der Waals surface area contributed by atoms with Crippen LogP contribution in [-0.2, 0) is 6.54 Å². The Hall–Kier alpha value is -2.73. The van der Waals surface area contributed by atoms with Gasteiger partial charge >= 0.3 is 5.69 Å². The largest absolute Gasteiger partial charge is 0.352 e. The molecular weight excluding hydrogens is 320 g/mol. The maximum absolute atomic E-state index is 12.9. The third-order valence-electron chi connectivity index (χ3n) is 4.20. The normalized spacial score (nSPS) is 11.4. The molecule has 0 spiro atoms. The van der Waals surface area contributed by atoms with E-state index in [1.165, 1.54) is 9.39 Å². The molecule has 0 N–H and O–H groups in total. The van der Waals surface area contributed by atoms with Crippen molar-refractivity contribution >= 4 is 27.2 Å². The Morgan fingerprint density at radius 3 is 2.71 bits per heavy atom. The molecule has 0 aliphatic heterocycles. The Labute approximate surface area is 142 Å². The van der Waals surface area contributed by atoms with Gasteiger partial charge in [-0.1, -0.05) is 36.4 Å². The van der Waals surface area contributed by atoms with Crippen molar-refractivity contribution < 1.29 is 0 Å². The predicted molar refractivity (Wildman–Crippen MR) is 97.7 cm³/mol. The summed E-state index contributed by atoms with van der Waals surface area (Å²) in [6.07, 6.45) is 1.73. The molecule has 24 heavy (non-hydrogen) atoms. The molecule has 3 aromatic heterocycles. The number of fused-ring (bicyclic) bond motifs is 3. The summed E-state index contributed by atoms with van der Waals surface area (Å²) in [5.74, 6) is 0.564. The van der Waals surface area contributed by atoms with Crippen molar-refractivity contribution in [1.29, 1.82) is 0 Å². The first-order valence-electron chi connectivity index (χ1n) is 7.67. The van der Waals surface area contributed by atoms with Gasteiger partial charge in [0.05, 0.1) is 5.39 Å². The molecule has 5 nitrogen and oxygen atoms in total. The third kappa shape index (κ3) is 2.03. The minimum absolute atomic E-state index is 0.187. The second-order valence-corrected chi connectivity index (χ2v) is 6.89. The van der Waals surface area contributed by atoms with Crippen molar-refractivity contribution in [2.24, 2.45) is 0 Å². The highest BCUT2D eigenvalue weighted by Crippen LogP contribution is 2.32. The van der Waals surface area contributed by atoms with Crippen LogP contribution < -0.4 is 5.69 Å². The van der Waals surface area contributed by atoms with E-state index in [1.54, 1.807) is 22.0 Å². The first kappa shape index (κ1) is 14.8. The maximum atomic E-state index is 12.9. The molecule has 1 aromatic carbocycles. The number of rotatable bonds is 3. The van der Waals surface area contributed by atoms with Gasteiger partial charge in [0.1, 0.15) is 4.83 Å². The van der Waals surface area contributed by atoms with E-state index in [2.05, 4.69) is 30.5 Å². The van der Waals surface area contributed by atoms with E-state index in [-0.39, 0.29) is 5.69 Å². The summed E-state index contributed by atoms with van der Waals surface area (Å²) >= 11 is 1.61. The summed E-state index contributed by atoms with van der Waals surface area (Å²) in [5.41, 5.74) is 2.47. The molecule has 0 bridgehead atoms. The van der Waals surface area contributed by atoms with E-state index < -0.39 is 0 Å². The van der Waals surface area contributed by atoms with E-state index in [0.717, 1.165) is 21.3 Å². The highest BCUT2D eigenvalue weighted by atomic mass is 32.1. The fourth-order valence-corrected chi connectivity index (χ4v) is 4.02. The molecule has 0 aliphatic carbocycles. The van der Waals surface area contributed by atoms with Gasteiger partial charge in [0.25, 0.3) is 0 Å². The summed E-state index contributed by atoms with van der Waals surface area (Å²) < 4.78 is 3.12. The molecule has 3 heterocycles. The van der Waals surface area contributed by atoms with Crippen LogP contribution in [0.4, 0.5) is 0 Å². The van der Waals surface area contributed by atoms with Gasteiger partial charge in [-0.3, -0.25) is 4.57 Å². The predicted octanol–water partition coefficient (Wildman–Crippen LogP) is 3.58. The van der Waals surface area contributed by atoms with E-state index >= 15 is 0 Å². The summed E-state index contributed by atoms with van der Waals surface area (Å²) in [6.45, 7) is 8.34. The minimum atomic E-state index is -0.187. The fourth-order valence-electron chi connectivity index (χ4n) is 2.87. The van der Waals surface area contributed by atoms with Crippen molar-refractivity contribution in [3.63, 3.8) is 0 Å². The van der Waals surface area contributed by atoms with Crippen molar-refractivity contribution in [2.45, 2.75) is 20.4 Å². The molecule has 4 rings (SSSR count). The van der Waals surface area contributed by atoms with Crippen LogP contribution in [0, 0.1) is 13.8 Å². The molecule has 0 saturated carbocycles. The lowest BCUT2D eigenvalue weighted by Gasteiger charge is -2.05. The number of aromatic nitrogens is 4. The second kappa shape index (κ2) is 5.42. The molecule has 0 amide bonds. The zero-order valence-electron chi connectivity index (χ0n) is 13.5. The van der Waals surface area contributed by atoms with Gasteiger partial charge in [0, 0.05) is 17.0 Å². The Balaban J connectivity index is 2.16. The van der Waals surface area contributed by atoms with E-state index in [1.807, 2.05) is 30.3 Å². The van der Waals surface area contributed by atoms with E-state index in [9.17, 15) is 4.79 Å². The zero-order valence-corrected chi connectivity index (χ0v) is 14.3. The summed E-state index contributed by atoms with van der Waals surface area (Å²) in [4.78, 5) is 19.7. The standard InChI is InChI=1S/C18H16N4OS/c1-4-10-21-17-14(11(2)12(3)24-17)16-19-15(20-22(16)18(21)23)13-8-6-5-7-9-13/h4-9H,1,10H2,2-3H3. The molecule has 0 aliphatic rings. The summed E-state index contributed by atoms with van der Waals surface area (Å²) in [7, 11) is 0.